The number of halogens is 1. The SMILES string of the molecule is Cc1cc(Br)ccc1NCC(=O)N(C)C(C)c1cccs1. The third-order valence-electron chi connectivity index (χ3n) is 3.55. The maximum Gasteiger partial charge on any atom is 0.242 e. The van der Waals surface area contributed by atoms with Crippen LogP contribution in [0.5, 0.6) is 0 Å². The van der Waals surface area contributed by atoms with E-state index in [0.717, 1.165) is 15.7 Å². The van der Waals surface area contributed by atoms with Gasteiger partial charge < -0.3 is 10.2 Å². The van der Waals surface area contributed by atoms with Crippen molar-refractivity contribution in [1.29, 1.82) is 0 Å². The average Bonchev–Trinajstić information content (AvgIpc) is 2.98. The minimum absolute atomic E-state index is 0.0817. The standard InChI is InChI=1S/C16H19BrN2OS/c1-11-9-13(17)6-7-14(11)18-10-16(20)19(3)12(2)15-5-4-8-21-15/h4-9,12,18H,10H2,1-3H3. The van der Waals surface area contributed by atoms with Gasteiger partial charge in [-0.05, 0) is 49.1 Å². The van der Waals surface area contributed by atoms with Crippen LogP contribution in [-0.4, -0.2) is 24.4 Å². The first-order valence-electron chi connectivity index (χ1n) is 6.78. The summed E-state index contributed by atoms with van der Waals surface area (Å²) in [7, 11) is 1.85. The molecule has 112 valence electrons. The quantitative estimate of drug-likeness (QED) is 0.847. The molecule has 0 aliphatic carbocycles. The molecule has 0 bridgehead atoms. The number of benzene rings is 1. The van der Waals surface area contributed by atoms with Crippen molar-refractivity contribution >= 4 is 38.9 Å². The molecule has 0 radical (unpaired) electrons. The van der Waals surface area contributed by atoms with Gasteiger partial charge in [-0.3, -0.25) is 4.79 Å². The molecule has 1 aromatic carbocycles. The monoisotopic (exact) mass is 366 g/mol. The molecule has 0 aliphatic heterocycles. The average molecular weight is 367 g/mol. The molecule has 1 heterocycles. The van der Waals surface area contributed by atoms with E-state index in [1.807, 2.05) is 43.6 Å². The van der Waals surface area contributed by atoms with Gasteiger partial charge in [-0.15, -0.1) is 11.3 Å². The molecular weight excluding hydrogens is 348 g/mol. The van der Waals surface area contributed by atoms with Gasteiger partial charge in [0.05, 0.1) is 12.6 Å². The van der Waals surface area contributed by atoms with Crippen molar-refractivity contribution in [3.63, 3.8) is 0 Å². The lowest BCUT2D eigenvalue weighted by Gasteiger charge is -2.24. The molecule has 2 aromatic rings. The normalized spacial score (nSPS) is 12.0. The molecule has 1 amide bonds. The van der Waals surface area contributed by atoms with Crippen molar-refractivity contribution < 1.29 is 4.79 Å². The van der Waals surface area contributed by atoms with Crippen molar-refractivity contribution in [3.05, 3.63) is 50.6 Å². The van der Waals surface area contributed by atoms with Gasteiger partial charge in [0.15, 0.2) is 0 Å². The molecular formula is C16H19BrN2OS. The lowest BCUT2D eigenvalue weighted by molar-refractivity contribution is -0.129. The van der Waals surface area contributed by atoms with Crippen LogP contribution in [0.3, 0.4) is 0 Å². The van der Waals surface area contributed by atoms with Crippen LogP contribution in [0.4, 0.5) is 5.69 Å². The van der Waals surface area contributed by atoms with E-state index in [9.17, 15) is 4.79 Å². The maximum absolute atomic E-state index is 12.3. The predicted octanol–water partition coefficient (Wildman–Crippen LogP) is 4.45. The maximum atomic E-state index is 12.3. The van der Waals surface area contributed by atoms with Gasteiger partial charge in [-0.25, -0.2) is 0 Å². The Morgan fingerprint density at radius 2 is 2.19 bits per heavy atom. The zero-order chi connectivity index (χ0) is 15.4. The number of likely N-dealkylation sites (N-methyl/N-ethyl adjacent to an activating group) is 1. The Labute approximate surface area is 138 Å². The third-order valence-corrected chi connectivity index (χ3v) is 5.08. The van der Waals surface area contributed by atoms with Gasteiger partial charge in [-0.1, -0.05) is 22.0 Å². The van der Waals surface area contributed by atoms with E-state index in [-0.39, 0.29) is 11.9 Å². The van der Waals surface area contributed by atoms with Crippen LogP contribution in [0.1, 0.15) is 23.4 Å². The molecule has 1 atom stereocenters. The number of aryl methyl sites for hydroxylation is 1. The van der Waals surface area contributed by atoms with Gasteiger partial charge >= 0.3 is 0 Å². The number of nitrogens with one attached hydrogen (secondary N) is 1. The molecule has 1 unspecified atom stereocenters. The Morgan fingerprint density at radius 1 is 1.43 bits per heavy atom. The Bertz CT molecular complexity index is 613. The summed E-state index contributed by atoms with van der Waals surface area (Å²) in [6.45, 7) is 4.37. The summed E-state index contributed by atoms with van der Waals surface area (Å²) in [4.78, 5) is 15.3. The second-order valence-electron chi connectivity index (χ2n) is 5.01. The number of amides is 1. The van der Waals surface area contributed by atoms with Gasteiger partial charge in [0.1, 0.15) is 0 Å². The van der Waals surface area contributed by atoms with Crippen LogP contribution in [0.15, 0.2) is 40.2 Å². The fraction of sp³-hybridized carbons (Fsp3) is 0.312. The molecule has 0 fully saturated rings. The summed E-state index contributed by atoms with van der Waals surface area (Å²) in [5.41, 5.74) is 2.11. The minimum atomic E-state index is 0.0817. The van der Waals surface area contributed by atoms with Gasteiger partial charge in [0.2, 0.25) is 5.91 Å². The highest BCUT2D eigenvalue weighted by Gasteiger charge is 2.17. The molecule has 0 spiro atoms. The van der Waals surface area contributed by atoms with E-state index in [4.69, 9.17) is 0 Å². The Hall–Kier alpha value is -1.33. The van der Waals surface area contributed by atoms with Crippen LogP contribution in [-0.2, 0) is 4.79 Å². The summed E-state index contributed by atoms with van der Waals surface area (Å²) >= 11 is 5.11. The van der Waals surface area contributed by atoms with E-state index in [0.29, 0.717) is 6.54 Å². The molecule has 1 aromatic heterocycles. The van der Waals surface area contributed by atoms with Crippen LogP contribution < -0.4 is 5.32 Å². The number of nitrogens with zero attached hydrogens (tertiary/aromatic N) is 1. The van der Waals surface area contributed by atoms with Crippen molar-refractivity contribution in [2.75, 3.05) is 18.9 Å². The summed E-state index contributed by atoms with van der Waals surface area (Å²) in [5.74, 6) is 0.0817. The summed E-state index contributed by atoms with van der Waals surface area (Å²) < 4.78 is 1.04. The zero-order valence-electron chi connectivity index (χ0n) is 12.4. The first-order chi connectivity index (χ1) is 9.99. The van der Waals surface area contributed by atoms with Gasteiger partial charge in [0.25, 0.3) is 0 Å². The van der Waals surface area contributed by atoms with E-state index < -0.39 is 0 Å². The largest absolute Gasteiger partial charge is 0.376 e. The summed E-state index contributed by atoms with van der Waals surface area (Å²) in [5, 5.41) is 5.25. The predicted molar refractivity (Wildman–Crippen MR) is 92.9 cm³/mol. The zero-order valence-corrected chi connectivity index (χ0v) is 14.8. The number of anilines is 1. The Balaban J connectivity index is 1.95. The van der Waals surface area contributed by atoms with Gasteiger partial charge in [-0.2, -0.15) is 0 Å². The van der Waals surface area contributed by atoms with E-state index >= 15 is 0 Å². The Kier molecular flexibility index (Phi) is 5.42. The molecule has 21 heavy (non-hydrogen) atoms. The lowest BCUT2D eigenvalue weighted by atomic mass is 10.2. The number of thiophene rings is 1. The van der Waals surface area contributed by atoms with Crippen molar-refractivity contribution in [2.24, 2.45) is 0 Å². The van der Waals surface area contributed by atoms with Crippen LogP contribution >= 0.6 is 27.3 Å². The fourth-order valence-electron chi connectivity index (χ4n) is 2.06. The second kappa shape index (κ2) is 7.09. The van der Waals surface area contributed by atoms with Crippen molar-refractivity contribution in [3.8, 4) is 0 Å². The second-order valence-corrected chi connectivity index (χ2v) is 6.90. The number of carbonyl (C=O) groups excluding carboxylic acids is 1. The third kappa shape index (κ3) is 4.08. The van der Waals surface area contributed by atoms with Crippen LogP contribution in [0, 0.1) is 6.92 Å². The first kappa shape index (κ1) is 16.0. The van der Waals surface area contributed by atoms with E-state index in [1.165, 1.54) is 4.88 Å². The smallest absolute Gasteiger partial charge is 0.242 e. The summed E-state index contributed by atoms with van der Waals surface area (Å²) in [6, 6.07) is 10.2. The van der Waals surface area contributed by atoms with Crippen LogP contribution in [0.25, 0.3) is 0 Å². The van der Waals surface area contributed by atoms with Crippen LogP contribution in [0.2, 0.25) is 0 Å². The minimum Gasteiger partial charge on any atom is -0.376 e. The van der Waals surface area contributed by atoms with Crippen molar-refractivity contribution in [1.82, 2.24) is 4.90 Å². The molecule has 1 N–H and O–H groups in total. The van der Waals surface area contributed by atoms with E-state index in [2.05, 4.69) is 34.2 Å². The molecule has 0 aliphatic rings. The highest BCUT2D eigenvalue weighted by Crippen LogP contribution is 2.24. The first-order valence-corrected chi connectivity index (χ1v) is 8.45. The highest BCUT2D eigenvalue weighted by molar-refractivity contribution is 9.10. The lowest BCUT2D eigenvalue weighted by Crippen LogP contribution is -2.34. The molecule has 5 heteroatoms. The van der Waals surface area contributed by atoms with E-state index in [1.54, 1.807) is 16.2 Å². The van der Waals surface area contributed by atoms with Crippen molar-refractivity contribution in [2.45, 2.75) is 19.9 Å². The summed E-state index contributed by atoms with van der Waals surface area (Å²) in [6.07, 6.45) is 0. The van der Waals surface area contributed by atoms with Gasteiger partial charge in [0, 0.05) is 22.1 Å². The fourth-order valence-corrected chi connectivity index (χ4v) is 3.36. The number of carbonyl (C=O) groups is 1. The molecule has 0 saturated heterocycles. The Morgan fingerprint density at radius 3 is 2.81 bits per heavy atom. The molecule has 0 saturated carbocycles. The highest BCUT2D eigenvalue weighted by atomic mass is 79.9. The topological polar surface area (TPSA) is 32.3 Å². The molecule has 3 nitrogen and oxygen atoms in total. The number of hydrogen-bond acceptors (Lipinski definition) is 3. The number of rotatable bonds is 5. The number of hydrogen-bond donors (Lipinski definition) is 1. The molecule has 2 rings (SSSR count).